The Balaban J connectivity index is 2.32. The fourth-order valence-electron chi connectivity index (χ4n) is 1.72. The summed E-state index contributed by atoms with van der Waals surface area (Å²) in [4.78, 5) is 8.91. The van der Waals surface area contributed by atoms with Crippen molar-refractivity contribution in [3.05, 3.63) is 39.7 Å². The van der Waals surface area contributed by atoms with Crippen molar-refractivity contribution in [1.82, 2.24) is 9.97 Å². The van der Waals surface area contributed by atoms with E-state index in [4.69, 9.17) is 10.5 Å². The molecule has 1 aromatic carbocycles. The van der Waals surface area contributed by atoms with Crippen LogP contribution in [0.3, 0.4) is 0 Å². The number of hydrogen-bond donors (Lipinski definition) is 1. The largest absolute Gasteiger partial charge is 0.383 e. The number of aromatic nitrogens is 2. The number of benzene rings is 1. The minimum absolute atomic E-state index is 0.529. The van der Waals surface area contributed by atoms with E-state index < -0.39 is 0 Å². The predicted octanol–water partition coefficient (Wildman–Crippen LogP) is 2.91. The van der Waals surface area contributed by atoms with Gasteiger partial charge in [-0.05, 0) is 29.5 Å². The average Bonchev–Trinajstić information content (AvgIpc) is 2.44. The standard InChI is InChI=1S/C14H16IN3O/c1-2-19-9-8-11-17-13(12(15)14(16)18-11)10-6-4-3-5-7-10/h3-7H,2,8-9H2,1H3,(H2,16,17,18). The predicted molar refractivity (Wildman–Crippen MR) is 84.8 cm³/mol. The molecule has 1 aromatic heterocycles. The highest BCUT2D eigenvalue weighted by atomic mass is 127. The van der Waals surface area contributed by atoms with E-state index in [0.29, 0.717) is 25.5 Å². The normalized spacial score (nSPS) is 10.6. The van der Waals surface area contributed by atoms with Gasteiger partial charge in [-0.2, -0.15) is 0 Å². The molecule has 4 nitrogen and oxygen atoms in total. The van der Waals surface area contributed by atoms with Gasteiger partial charge >= 0.3 is 0 Å². The first-order valence-corrected chi connectivity index (χ1v) is 7.25. The highest BCUT2D eigenvalue weighted by molar-refractivity contribution is 14.1. The fraction of sp³-hybridized carbons (Fsp3) is 0.286. The molecule has 19 heavy (non-hydrogen) atoms. The maximum Gasteiger partial charge on any atom is 0.141 e. The van der Waals surface area contributed by atoms with Crippen LogP contribution in [0.15, 0.2) is 30.3 Å². The van der Waals surface area contributed by atoms with Crippen molar-refractivity contribution in [3.63, 3.8) is 0 Å². The number of nitrogens with zero attached hydrogens (tertiary/aromatic N) is 2. The second-order valence-corrected chi connectivity index (χ2v) is 5.08. The summed E-state index contributed by atoms with van der Waals surface area (Å²) in [7, 11) is 0. The lowest BCUT2D eigenvalue weighted by Crippen LogP contribution is -2.08. The lowest BCUT2D eigenvalue weighted by Gasteiger charge is -2.09. The summed E-state index contributed by atoms with van der Waals surface area (Å²) in [6, 6.07) is 10.0. The third kappa shape index (κ3) is 3.63. The van der Waals surface area contributed by atoms with E-state index in [1.54, 1.807) is 0 Å². The molecule has 0 fully saturated rings. The minimum Gasteiger partial charge on any atom is -0.383 e. The molecule has 5 heteroatoms. The molecule has 0 bridgehead atoms. The van der Waals surface area contributed by atoms with Gasteiger partial charge in [0.05, 0.1) is 15.9 Å². The lowest BCUT2D eigenvalue weighted by molar-refractivity contribution is 0.149. The number of hydrogen-bond acceptors (Lipinski definition) is 4. The van der Waals surface area contributed by atoms with Gasteiger partial charge in [-0.3, -0.25) is 0 Å². The molecule has 0 radical (unpaired) electrons. The molecule has 1 heterocycles. The van der Waals surface area contributed by atoms with Gasteiger partial charge < -0.3 is 10.5 Å². The molecule has 0 aliphatic rings. The fourth-order valence-corrected chi connectivity index (χ4v) is 2.27. The zero-order chi connectivity index (χ0) is 13.7. The quantitative estimate of drug-likeness (QED) is 0.651. The number of ether oxygens (including phenoxy) is 1. The Morgan fingerprint density at radius 1 is 1.21 bits per heavy atom. The molecular formula is C14H16IN3O. The van der Waals surface area contributed by atoms with Gasteiger partial charge in [-0.25, -0.2) is 9.97 Å². The first kappa shape index (κ1) is 14.2. The molecule has 0 saturated carbocycles. The summed E-state index contributed by atoms with van der Waals surface area (Å²) in [6.45, 7) is 3.29. The van der Waals surface area contributed by atoms with Crippen LogP contribution in [0.2, 0.25) is 0 Å². The van der Waals surface area contributed by atoms with Gasteiger partial charge in [-0.1, -0.05) is 30.3 Å². The Hall–Kier alpha value is -1.21. The van der Waals surface area contributed by atoms with Crippen LogP contribution < -0.4 is 5.73 Å². The van der Waals surface area contributed by atoms with Crippen molar-refractivity contribution in [2.75, 3.05) is 18.9 Å². The smallest absolute Gasteiger partial charge is 0.141 e. The van der Waals surface area contributed by atoms with E-state index in [-0.39, 0.29) is 0 Å². The molecule has 2 rings (SSSR count). The maximum atomic E-state index is 5.96. The number of rotatable bonds is 5. The molecule has 0 aliphatic heterocycles. The Labute approximate surface area is 126 Å². The van der Waals surface area contributed by atoms with Crippen molar-refractivity contribution in [1.29, 1.82) is 0 Å². The lowest BCUT2D eigenvalue weighted by atomic mass is 10.1. The molecule has 0 aliphatic carbocycles. The SMILES string of the molecule is CCOCCc1nc(N)c(I)c(-c2ccccc2)n1. The van der Waals surface area contributed by atoms with Crippen LogP contribution in [-0.4, -0.2) is 23.2 Å². The summed E-state index contributed by atoms with van der Waals surface area (Å²) in [6.07, 6.45) is 0.675. The highest BCUT2D eigenvalue weighted by Gasteiger charge is 2.11. The molecule has 0 atom stereocenters. The molecule has 0 saturated heterocycles. The van der Waals surface area contributed by atoms with E-state index in [2.05, 4.69) is 32.6 Å². The van der Waals surface area contributed by atoms with E-state index in [0.717, 1.165) is 20.7 Å². The van der Waals surface area contributed by atoms with Crippen LogP contribution in [0, 0.1) is 3.57 Å². The monoisotopic (exact) mass is 369 g/mol. The first-order valence-electron chi connectivity index (χ1n) is 6.17. The molecule has 100 valence electrons. The Morgan fingerprint density at radius 2 is 1.95 bits per heavy atom. The molecule has 0 spiro atoms. The Bertz CT molecular complexity index is 546. The summed E-state index contributed by atoms with van der Waals surface area (Å²) in [5.41, 5.74) is 7.91. The third-order valence-electron chi connectivity index (χ3n) is 2.64. The van der Waals surface area contributed by atoms with Gasteiger partial charge in [0, 0.05) is 18.6 Å². The number of halogens is 1. The van der Waals surface area contributed by atoms with Crippen LogP contribution >= 0.6 is 22.6 Å². The summed E-state index contributed by atoms with van der Waals surface area (Å²) in [5.74, 6) is 1.26. The van der Waals surface area contributed by atoms with Crippen molar-refractivity contribution in [2.24, 2.45) is 0 Å². The number of nitrogens with two attached hydrogens (primary N) is 1. The van der Waals surface area contributed by atoms with Crippen LogP contribution in [0.1, 0.15) is 12.7 Å². The summed E-state index contributed by atoms with van der Waals surface area (Å²) in [5, 5.41) is 0. The number of nitrogen functional groups attached to an aromatic ring is 1. The minimum atomic E-state index is 0.529. The second kappa shape index (κ2) is 6.81. The zero-order valence-electron chi connectivity index (χ0n) is 10.8. The van der Waals surface area contributed by atoms with Gasteiger partial charge in [-0.15, -0.1) is 0 Å². The van der Waals surface area contributed by atoms with Crippen LogP contribution in [0.4, 0.5) is 5.82 Å². The maximum absolute atomic E-state index is 5.96. The van der Waals surface area contributed by atoms with E-state index in [1.807, 2.05) is 37.3 Å². The third-order valence-corrected chi connectivity index (χ3v) is 3.71. The number of anilines is 1. The van der Waals surface area contributed by atoms with E-state index >= 15 is 0 Å². The first-order chi connectivity index (χ1) is 9.22. The molecule has 0 amide bonds. The van der Waals surface area contributed by atoms with Gasteiger partial charge in [0.2, 0.25) is 0 Å². The molecule has 0 unspecified atom stereocenters. The van der Waals surface area contributed by atoms with Gasteiger partial charge in [0.1, 0.15) is 11.6 Å². The van der Waals surface area contributed by atoms with E-state index in [9.17, 15) is 0 Å². The average molecular weight is 369 g/mol. The van der Waals surface area contributed by atoms with E-state index in [1.165, 1.54) is 0 Å². The summed E-state index contributed by atoms with van der Waals surface area (Å²) < 4.78 is 6.22. The topological polar surface area (TPSA) is 61.0 Å². The molecular weight excluding hydrogens is 353 g/mol. The van der Waals surface area contributed by atoms with Crippen molar-refractivity contribution in [3.8, 4) is 11.3 Å². The molecule has 2 aromatic rings. The summed E-state index contributed by atoms with van der Waals surface area (Å²) >= 11 is 2.19. The molecule has 2 N–H and O–H groups in total. The van der Waals surface area contributed by atoms with Gasteiger partial charge in [0.15, 0.2) is 0 Å². The van der Waals surface area contributed by atoms with Crippen LogP contribution in [0.25, 0.3) is 11.3 Å². The van der Waals surface area contributed by atoms with Crippen LogP contribution in [0.5, 0.6) is 0 Å². The van der Waals surface area contributed by atoms with Crippen LogP contribution in [-0.2, 0) is 11.2 Å². The van der Waals surface area contributed by atoms with Crippen molar-refractivity contribution < 1.29 is 4.74 Å². The van der Waals surface area contributed by atoms with Crippen molar-refractivity contribution in [2.45, 2.75) is 13.3 Å². The van der Waals surface area contributed by atoms with Gasteiger partial charge in [0.25, 0.3) is 0 Å². The Kier molecular flexibility index (Phi) is 5.09. The highest BCUT2D eigenvalue weighted by Crippen LogP contribution is 2.26. The zero-order valence-corrected chi connectivity index (χ0v) is 12.9. The Morgan fingerprint density at radius 3 is 2.63 bits per heavy atom. The second-order valence-electron chi connectivity index (χ2n) is 4.00. The van der Waals surface area contributed by atoms with Crippen molar-refractivity contribution >= 4 is 28.4 Å².